The van der Waals surface area contributed by atoms with Crippen LogP contribution in [0.2, 0.25) is 0 Å². The van der Waals surface area contributed by atoms with Crippen LogP contribution in [-0.4, -0.2) is 58.3 Å². The Morgan fingerprint density at radius 1 is 1.11 bits per heavy atom. The number of carbonyl (C=O) groups is 3. The molecule has 2 atom stereocenters. The van der Waals surface area contributed by atoms with Gasteiger partial charge in [0.05, 0.1) is 18.1 Å². The molecule has 1 aromatic carbocycles. The van der Waals surface area contributed by atoms with Crippen LogP contribution in [0.5, 0.6) is 0 Å². The summed E-state index contributed by atoms with van der Waals surface area (Å²) in [6.45, 7) is 4.12. The minimum absolute atomic E-state index is 0.00467. The van der Waals surface area contributed by atoms with E-state index in [1.807, 2.05) is 36.1 Å². The van der Waals surface area contributed by atoms with Crippen LogP contribution in [0.4, 0.5) is 0 Å². The van der Waals surface area contributed by atoms with E-state index >= 15 is 0 Å². The molecule has 3 fully saturated rings. The fourth-order valence-corrected chi connectivity index (χ4v) is 5.48. The number of nitrogens with zero attached hydrogens (tertiary/aromatic N) is 3. The molecule has 1 saturated carbocycles. The van der Waals surface area contributed by atoms with Gasteiger partial charge in [-0.05, 0) is 67.3 Å². The van der Waals surface area contributed by atoms with E-state index in [2.05, 4.69) is 4.98 Å². The SMILES string of the molecule is Cc1ccccc1C1(CC(=O)N(CC2CC2)CC2CCCO2)CC(=O)N(Cc2ccncc2)C1=O. The molecule has 0 spiro atoms. The zero-order chi connectivity index (χ0) is 24.4. The second-order valence-electron chi connectivity index (χ2n) is 10.3. The van der Waals surface area contributed by atoms with E-state index in [1.165, 1.54) is 4.90 Å². The van der Waals surface area contributed by atoms with Crippen LogP contribution in [0.1, 0.15) is 55.2 Å². The van der Waals surface area contributed by atoms with Gasteiger partial charge in [-0.2, -0.15) is 0 Å². The Balaban J connectivity index is 1.45. The molecule has 7 heteroatoms. The highest BCUT2D eigenvalue weighted by Gasteiger charge is 2.54. The first-order valence-corrected chi connectivity index (χ1v) is 12.7. The van der Waals surface area contributed by atoms with Crippen molar-refractivity contribution in [3.05, 3.63) is 65.5 Å². The van der Waals surface area contributed by atoms with Gasteiger partial charge < -0.3 is 9.64 Å². The lowest BCUT2D eigenvalue weighted by Crippen LogP contribution is -2.46. The number of hydrogen-bond acceptors (Lipinski definition) is 5. The summed E-state index contributed by atoms with van der Waals surface area (Å²) in [4.78, 5) is 48.4. The molecule has 35 heavy (non-hydrogen) atoms. The first-order valence-electron chi connectivity index (χ1n) is 12.7. The van der Waals surface area contributed by atoms with Gasteiger partial charge >= 0.3 is 0 Å². The van der Waals surface area contributed by atoms with Gasteiger partial charge in [-0.15, -0.1) is 0 Å². The van der Waals surface area contributed by atoms with Crippen molar-refractivity contribution in [3.63, 3.8) is 0 Å². The summed E-state index contributed by atoms with van der Waals surface area (Å²) in [6.07, 6.45) is 7.59. The molecule has 0 radical (unpaired) electrons. The van der Waals surface area contributed by atoms with Gasteiger partial charge in [0.25, 0.3) is 0 Å². The van der Waals surface area contributed by atoms with Crippen molar-refractivity contribution in [2.45, 2.75) is 63.5 Å². The Kier molecular flexibility index (Phi) is 6.69. The molecule has 2 unspecified atom stereocenters. The minimum Gasteiger partial charge on any atom is -0.376 e. The summed E-state index contributed by atoms with van der Waals surface area (Å²) in [6, 6.07) is 11.2. The predicted octanol–water partition coefficient (Wildman–Crippen LogP) is 3.39. The lowest BCUT2D eigenvalue weighted by Gasteiger charge is -2.32. The molecule has 2 saturated heterocycles. The van der Waals surface area contributed by atoms with E-state index in [0.29, 0.717) is 19.0 Å². The number of hydrogen-bond donors (Lipinski definition) is 0. The maximum atomic E-state index is 14.0. The summed E-state index contributed by atoms with van der Waals surface area (Å²) < 4.78 is 5.83. The number of benzene rings is 1. The zero-order valence-electron chi connectivity index (χ0n) is 20.3. The van der Waals surface area contributed by atoms with Crippen molar-refractivity contribution in [2.24, 2.45) is 5.92 Å². The number of rotatable bonds is 9. The standard InChI is InChI=1S/C28H33N3O4/c1-20-5-2-3-7-24(20)28(16-26(33)31(27(28)34)18-22-10-12-29-13-11-22)15-25(32)30(17-21-8-9-21)19-23-6-4-14-35-23/h2-3,5,7,10-13,21,23H,4,6,8-9,14-19H2,1H3. The highest BCUT2D eigenvalue weighted by Crippen LogP contribution is 2.42. The number of ether oxygens (including phenoxy) is 1. The summed E-state index contributed by atoms with van der Waals surface area (Å²) in [5.74, 6) is -0.0670. The molecule has 0 bridgehead atoms. The van der Waals surface area contributed by atoms with Crippen molar-refractivity contribution < 1.29 is 19.1 Å². The Labute approximate surface area is 206 Å². The quantitative estimate of drug-likeness (QED) is 0.520. The number of carbonyl (C=O) groups excluding carboxylic acids is 3. The topological polar surface area (TPSA) is 79.8 Å². The van der Waals surface area contributed by atoms with Gasteiger partial charge in [0.1, 0.15) is 0 Å². The molecule has 3 heterocycles. The predicted molar refractivity (Wildman–Crippen MR) is 130 cm³/mol. The second-order valence-corrected chi connectivity index (χ2v) is 10.3. The van der Waals surface area contributed by atoms with Crippen LogP contribution in [0.15, 0.2) is 48.8 Å². The van der Waals surface area contributed by atoms with Crippen molar-refractivity contribution in [1.29, 1.82) is 0 Å². The molecule has 3 amide bonds. The summed E-state index contributed by atoms with van der Waals surface area (Å²) >= 11 is 0. The highest BCUT2D eigenvalue weighted by atomic mass is 16.5. The number of aryl methyl sites for hydroxylation is 1. The Morgan fingerprint density at radius 2 is 1.89 bits per heavy atom. The van der Waals surface area contributed by atoms with E-state index in [-0.39, 0.29) is 43.2 Å². The van der Waals surface area contributed by atoms with E-state index < -0.39 is 5.41 Å². The molecule has 5 rings (SSSR count). The zero-order valence-corrected chi connectivity index (χ0v) is 20.3. The molecule has 2 aliphatic heterocycles. The largest absolute Gasteiger partial charge is 0.376 e. The second kappa shape index (κ2) is 9.90. The summed E-state index contributed by atoms with van der Waals surface area (Å²) in [7, 11) is 0. The first-order chi connectivity index (χ1) is 17.0. The maximum absolute atomic E-state index is 14.0. The van der Waals surface area contributed by atoms with Gasteiger partial charge in [-0.1, -0.05) is 24.3 Å². The van der Waals surface area contributed by atoms with Crippen LogP contribution in [0, 0.1) is 12.8 Å². The van der Waals surface area contributed by atoms with Crippen LogP contribution in [0.25, 0.3) is 0 Å². The van der Waals surface area contributed by atoms with E-state index in [4.69, 9.17) is 4.74 Å². The molecule has 3 aliphatic rings. The average molecular weight is 476 g/mol. The van der Waals surface area contributed by atoms with Crippen LogP contribution >= 0.6 is 0 Å². The Hall–Kier alpha value is -3.06. The third-order valence-electron chi connectivity index (χ3n) is 7.59. The molecule has 1 aromatic heterocycles. The van der Waals surface area contributed by atoms with Crippen molar-refractivity contribution in [2.75, 3.05) is 19.7 Å². The normalized spacial score (nSPS) is 24.3. The van der Waals surface area contributed by atoms with Gasteiger partial charge in [-0.25, -0.2) is 0 Å². The third-order valence-corrected chi connectivity index (χ3v) is 7.59. The lowest BCUT2D eigenvalue weighted by atomic mass is 9.74. The molecule has 2 aromatic rings. The number of amides is 3. The van der Waals surface area contributed by atoms with Crippen LogP contribution in [-0.2, 0) is 31.1 Å². The first kappa shape index (κ1) is 23.7. The van der Waals surface area contributed by atoms with Crippen molar-refractivity contribution >= 4 is 17.7 Å². The van der Waals surface area contributed by atoms with Gasteiger partial charge in [0.15, 0.2) is 0 Å². The van der Waals surface area contributed by atoms with Crippen molar-refractivity contribution in [1.82, 2.24) is 14.8 Å². The highest BCUT2D eigenvalue weighted by molar-refractivity contribution is 6.10. The smallest absolute Gasteiger partial charge is 0.241 e. The van der Waals surface area contributed by atoms with Crippen LogP contribution in [0.3, 0.4) is 0 Å². The van der Waals surface area contributed by atoms with Crippen LogP contribution < -0.4 is 0 Å². The van der Waals surface area contributed by atoms with E-state index in [0.717, 1.165) is 49.0 Å². The van der Waals surface area contributed by atoms with Crippen molar-refractivity contribution in [3.8, 4) is 0 Å². The molecule has 0 N–H and O–H groups in total. The third kappa shape index (κ3) is 5.01. The van der Waals surface area contributed by atoms with Gasteiger partial charge in [0, 0.05) is 44.9 Å². The molecule has 1 aliphatic carbocycles. The Bertz CT molecular complexity index is 1090. The van der Waals surface area contributed by atoms with E-state index in [1.54, 1.807) is 24.5 Å². The summed E-state index contributed by atoms with van der Waals surface area (Å²) in [5.41, 5.74) is 1.33. The van der Waals surface area contributed by atoms with Gasteiger partial charge in [0.2, 0.25) is 17.7 Å². The maximum Gasteiger partial charge on any atom is 0.241 e. The minimum atomic E-state index is -1.19. The number of aromatic nitrogens is 1. The number of imide groups is 1. The number of likely N-dealkylation sites (tertiary alicyclic amines) is 1. The molecular formula is C28H33N3O4. The molecule has 184 valence electrons. The Morgan fingerprint density at radius 3 is 2.57 bits per heavy atom. The molecule has 7 nitrogen and oxygen atoms in total. The monoisotopic (exact) mass is 475 g/mol. The fraction of sp³-hybridized carbons (Fsp3) is 0.500. The fourth-order valence-electron chi connectivity index (χ4n) is 5.48. The number of pyridine rings is 1. The van der Waals surface area contributed by atoms with Gasteiger partial charge in [-0.3, -0.25) is 24.3 Å². The summed E-state index contributed by atoms with van der Waals surface area (Å²) in [5, 5.41) is 0. The van der Waals surface area contributed by atoms with E-state index in [9.17, 15) is 14.4 Å². The lowest BCUT2D eigenvalue weighted by molar-refractivity contribution is -0.143. The average Bonchev–Trinajstić information content (AvgIpc) is 3.47. The molecular weight excluding hydrogens is 442 g/mol.